The van der Waals surface area contributed by atoms with E-state index >= 15 is 0 Å². The second kappa shape index (κ2) is 44.1. The maximum Gasteiger partial charge on any atom is 0.472 e. The summed E-state index contributed by atoms with van der Waals surface area (Å²) < 4.78 is 32.8. The zero-order valence-corrected chi connectivity index (χ0v) is 38.0. The number of unbranched alkanes of at least 4 members (excludes halogenated alkanes) is 28. The van der Waals surface area contributed by atoms with Gasteiger partial charge in [-0.3, -0.25) is 18.6 Å². The fourth-order valence-electron chi connectivity index (χ4n) is 6.78. The summed E-state index contributed by atoms with van der Waals surface area (Å²) in [5.41, 5.74) is 5.35. The van der Waals surface area contributed by atoms with Crippen molar-refractivity contribution in [2.75, 3.05) is 26.4 Å². The van der Waals surface area contributed by atoms with Gasteiger partial charge in [0, 0.05) is 19.4 Å². The Morgan fingerprint density at radius 1 is 0.526 bits per heavy atom. The molecule has 0 saturated heterocycles. The summed E-state index contributed by atoms with van der Waals surface area (Å²) >= 11 is 0. The molecule has 2 atom stereocenters. The van der Waals surface area contributed by atoms with Gasteiger partial charge < -0.3 is 20.1 Å². The lowest BCUT2D eigenvalue weighted by atomic mass is 10.0. The number of phosphoric acid groups is 1. The number of carbonyl (C=O) groups is 2. The van der Waals surface area contributed by atoms with E-state index in [9.17, 15) is 19.0 Å². The summed E-state index contributed by atoms with van der Waals surface area (Å²) in [4.78, 5) is 34.9. The number of hydrogen-bond donors (Lipinski definition) is 2. The molecule has 0 rings (SSSR count). The van der Waals surface area contributed by atoms with E-state index in [1.54, 1.807) is 0 Å². The van der Waals surface area contributed by atoms with Crippen LogP contribution in [0.25, 0.3) is 0 Å². The largest absolute Gasteiger partial charge is 0.472 e. The second-order valence-corrected chi connectivity index (χ2v) is 17.4. The van der Waals surface area contributed by atoms with Crippen LogP contribution in [0.5, 0.6) is 0 Å². The van der Waals surface area contributed by atoms with E-state index < -0.39 is 26.5 Å². The lowest BCUT2D eigenvalue weighted by Gasteiger charge is -2.19. The second-order valence-electron chi connectivity index (χ2n) is 16.0. The number of ether oxygens (including phenoxy) is 2. The van der Waals surface area contributed by atoms with Crippen molar-refractivity contribution < 1.29 is 37.6 Å². The van der Waals surface area contributed by atoms with E-state index in [2.05, 4.69) is 38.2 Å². The molecule has 1 unspecified atom stereocenters. The number of hydrogen-bond acceptors (Lipinski definition) is 8. The highest BCUT2D eigenvalue weighted by Gasteiger charge is 2.26. The molecule has 0 spiro atoms. The summed E-state index contributed by atoms with van der Waals surface area (Å²) in [6.07, 6.45) is 47.8. The number of nitrogens with two attached hydrogens (primary N) is 1. The molecule has 0 aliphatic rings. The van der Waals surface area contributed by atoms with Crippen molar-refractivity contribution in [2.45, 2.75) is 238 Å². The first kappa shape index (κ1) is 55.5. The van der Waals surface area contributed by atoms with E-state index in [1.807, 2.05) is 0 Å². The molecule has 0 saturated carbocycles. The van der Waals surface area contributed by atoms with Crippen LogP contribution in [0.4, 0.5) is 0 Å². The van der Waals surface area contributed by atoms with Crippen molar-refractivity contribution in [1.82, 2.24) is 0 Å². The maximum absolute atomic E-state index is 12.6. The number of allylic oxidation sites excluding steroid dienone is 4. The van der Waals surface area contributed by atoms with E-state index in [0.29, 0.717) is 6.42 Å². The molecule has 0 radical (unpaired) electrons. The number of carbonyl (C=O) groups excluding carboxylic acids is 2. The topological polar surface area (TPSA) is 134 Å². The number of rotatable bonds is 45. The van der Waals surface area contributed by atoms with Crippen LogP contribution in [0.2, 0.25) is 0 Å². The van der Waals surface area contributed by atoms with Crippen molar-refractivity contribution in [3.05, 3.63) is 24.3 Å². The summed E-state index contributed by atoms with van der Waals surface area (Å²) in [5, 5.41) is 0. The molecule has 0 aromatic heterocycles. The molecular weight excluding hydrogens is 737 g/mol. The first-order chi connectivity index (χ1) is 27.8. The third-order valence-corrected chi connectivity index (χ3v) is 11.3. The highest BCUT2D eigenvalue weighted by molar-refractivity contribution is 7.47. The molecule has 0 heterocycles. The van der Waals surface area contributed by atoms with Gasteiger partial charge in [-0.2, -0.15) is 0 Å². The Labute approximate surface area is 351 Å². The zero-order chi connectivity index (χ0) is 41.8. The predicted octanol–water partition coefficient (Wildman–Crippen LogP) is 13.9. The van der Waals surface area contributed by atoms with Gasteiger partial charge >= 0.3 is 19.8 Å². The highest BCUT2D eigenvalue weighted by Crippen LogP contribution is 2.43. The monoisotopic (exact) mass is 828 g/mol. The van der Waals surface area contributed by atoms with Crippen LogP contribution < -0.4 is 5.73 Å². The van der Waals surface area contributed by atoms with Crippen molar-refractivity contribution in [1.29, 1.82) is 0 Å². The maximum atomic E-state index is 12.6. The Kier molecular flexibility index (Phi) is 42.9. The van der Waals surface area contributed by atoms with Crippen molar-refractivity contribution in [3.63, 3.8) is 0 Å². The van der Waals surface area contributed by atoms with Gasteiger partial charge in [-0.15, -0.1) is 0 Å². The Bertz CT molecular complexity index is 990. The Hall–Kier alpha value is -1.51. The van der Waals surface area contributed by atoms with Crippen LogP contribution >= 0.6 is 7.82 Å². The molecule has 0 aliphatic heterocycles. The fourth-order valence-corrected chi connectivity index (χ4v) is 7.55. The van der Waals surface area contributed by atoms with Gasteiger partial charge in [0.25, 0.3) is 0 Å². The van der Waals surface area contributed by atoms with E-state index in [0.717, 1.165) is 57.8 Å². The van der Waals surface area contributed by atoms with Crippen LogP contribution in [-0.4, -0.2) is 49.3 Å². The summed E-state index contributed by atoms with van der Waals surface area (Å²) in [5.74, 6) is -0.834. The van der Waals surface area contributed by atoms with Crippen LogP contribution in [0.3, 0.4) is 0 Å². The lowest BCUT2D eigenvalue weighted by Crippen LogP contribution is -2.29. The van der Waals surface area contributed by atoms with Gasteiger partial charge in [-0.25, -0.2) is 4.57 Å². The molecule has 0 fully saturated rings. The molecule has 9 nitrogen and oxygen atoms in total. The van der Waals surface area contributed by atoms with Gasteiger partial charge in [0.15, 0.2) is 6.10 Å². The molecule has 0 aliphatic carbocycles. The van der Waals surface area contributed by atoms with Gasteiger partial charge in [0.2, 0.25) is 0 Å². The molecule has 336 valence electrons. The highest BCUT2D eigenvalue weighted by atomic mass is 31.2. The van der Waals surface area contributed by atoms with Crippen molar-refractivity contribution in [2.24, 2.45) is 5.73 Å². The van der Waals surface area contributed by atoms with E-state index in [-0.39, 0.29) is 38.6 Å². The van der Waals surface area contributed by atoms with Gasteiger partial charge in [0.1, 0.15) is 6.61 Å². The van der Waals surface area contributed by atoms with Crippen LogP contribution in [-0.2, 0) is 32.7 Å². The average molecular weight is 828 g/mol. The minimum absolute atomic E-state index is 0.0526. The standard InChI is InChI=1S/C47H90NO8P/c1-3-5-7-9-11-13-15-17-19-20-21-22-23-24-26-27-29-31-33-35-37-39-46(49)53-43-45(44-55-57(51,52)54-42-41-48)56-47(50)40-38-36-34-32-30-28-25-18-16-14-12-10-8-6-4-2/h12,14,18,25,45H,3-11,13,15-17,19-24,26-44,48H2,1-2H3,(H,51,52)/t45-/m1/s1. The Morgan fingerprint density at radius 2 is 0.912 bits per heavy atom. The number of esters is 2. The minimum Gasteiger partial charge on any atom is -0.462 e. The average Bonchev–Trinajstić information content (AvgIpc) is 3.20. The lowest BCUT2D eigenvalue weighted by molar-refractivity contribution is -0.161. The SMILES string of the molecule is CCCCCC=CCC=CCCCCCCCC(=O)O[C@H](COC(=O)CCCCCCCCCCCCCCCCCCCCCCC)COP(=O)(O)OCCN. The van der Waals surface area contributed by atoms with Gasteiger partial charge in [-0.1, -0.05) is 199 Å². The minimum atomic E-state index is -4.38. The van der Waals surface area contributed by atoms with Crippen molar-refractivity contribution >= 4 is 19.8 Å². The molecular formula is C47H90NO8P. The predicted molar refractivity (Wildman–Crippen MR) is 238 cm³/mol. The van der Waals surface area contributed by atoms with Gasteiger partial charge in [-0.05, 0) is 44.9 Å². The van der Waals surface area contributed by atoms with Gasteiger partial charge in [0.05, 0.1) is 13.2 Å². The van der Waals surface area contributed by atoms with Crippen LogP contribution in [0.1, 0.15) is 232 Å². The first-order valence-corrected chi connectivity index (χ1v) is 25.3. The number of phosphoric ester groups is 1. The smallest absolute Gasteiger partial charge is 0.462 e. The third kappa shape index (κ3) is 43.9. The van der Waals surface area contributed by atoms with Crippen LogP contribution in [0.15, 0.2) is 24.3 Å². The normalized spacial score (nSPS) is 13.4. The molecule has 57 heavy (non-hydrogen) atoms. The summed E-state index contributed by atoms with van der Waals surface area (Å²) in [6, 6.07) is 0. The van der Waals surface area contributed by atoms with E-state index in [4.69, 9.17) is 24.3 Å². The fraction of sp³-hybridized carbons (Fsp3) is 0.872. The third-order valence-electron chi connectivity index (χ3n) is 10.3. The Morgan fingerprint density at radius 3 is 1.37 bits per heavy atom. The summed E-state index contributed by atoms with van der Waals surface area (Å²) in [7, 11) is -4.38. The van der Waals surface area contributed by atoms with E-state index in [1.165, 1.54) is 141 Å². The molecule has 0 aromatic rings. The quantitative estimate of drug-likeness (QED) is 0.0266. The molecule has 0 bridgehead atoms. The molecule has 0 aromatic carbocycles. The Balaban J connectivity index is 4.05. The summed E-state index contributed by atoms with van der Waals surface area (Å²) in [6.45, 7) is 3.72. The van der Waals surface area contributed by atoms with Crippen LogP contribution in [0, 0.1) is 0 Å². The molecule has 0 amide bonds. The first-order valence-electron chi connectivity index (χ1n) is 23.8. The van der Waals surface area contributed by atoms with Crippen molar-refractivity contribution in [3.8, 4) is 0 Å². The molecule has 3 N–H and O–H groups in total. The molecule has 10 heteroatoms. The zero-order valence-electron chi connectivity index (χ0n) is 37.1.